The highest BCUT2D eigenvalue weighted by Gasteiger charge is 2.55. The van der Waals surface area contributed by atoms with E-state index in [0.29, 0.717) is 11.1 Å². The lowest BCUT2D eigenvalue weighted by Gasteiger charge is -2.34. The van der Waals surface area contributed by atoms with Crippen molar-refractivity contribution in [3.63, 3.8) is 0 Å². The van der Waals surface area contributed by atoms with Crippen molar-refractivity contribution in [2.45, 2.75) is 62.2 Å². The number of rotatable bonds is 7. The summed E-state index contributed by atoms with van der Waals surface area (Å²) in [6.45, 7) is 9.62. The van der Waals surface area contributed by atoms with Gasteiger partial charge >= 0.3 is 0 Å². The van der Waals surface area contributed by atoms with Crippen molar-refractivity contribution in [3.8, 4) is 40.1 Å². The zero-order valence-corrected chi connectivity index (χ0v) is 46.3. The molecule has 11 aromatic carbocycles. The van der Waals surface area contributed by atoms with Crippen molar-refractivity contribution in [2.75, 3.05) is 0 Å². The minimum atomic E-state index is -0.641. The van der Waals surface area contributed by atoms with Gasteiger partial charge in [0.25, 0.3) is 0 Å². The fraction of sp³-hybridized carbons (Fsp3) is 0.128. The van der Waals surface area contributed by atoms with Crippen LogP contribution in [-0.2, 0) is 21.7 Å². The van der Waals surface area contributed by atoms with Gasteiger partial charge in [0.1, 0.15) is 0 Å². The second kappa shape index (κ2) is 17.3. The van der Waals surface area contributed by atoms with E-state index in [1.165, 1.54) is 49.5 Å². The second-order valence-corrected chi connectivity index (χ2v) is 24.4. The average molecular weight is 1050 g/mol. The molecule has 0 aliphatic heterocycles. The standard InChI is InChI=1S/C78H56N4/c1-75(2)47-77(53-30-15-7-16-31-53,54-32-17-8-18-33-54)69-51(45-79)42-62-66(71(69)75)60-44-64-65(59-38-23-24-41-61(59)81(64)73-57(49-26-11-5-12-27-49)39-25-40-58(73)50-28-13-6-14-29-50)68-67-63(82(62)74(60)68)43-52(46-80)70-72(67)76(3,4)48-78(70,55-34-19-9-20-35-55)56-36-21-10-22-37-56/h5-44H,47-48H2,1-4H3. The minimum absolute atomic E-state index is 0.418. The van der Waals surface area contributed by atoms with Crippen LogP contribution in [0, 0.1) is 22.7 Å². The lowest BCUT2D eigenvalue weighted by Crippen LogP contribution is -2.29. The van der Waals surface area contributed by atoms with Gasteiger partial charge in [-0.2, -0.15) is 10.5 Å². The number of fused-ring (bicyclic) bond motifs is 14. The fourth-order valence-electron chi connectivity index (χ4n) is 16.4. The number of nitrogens with zero attached hydrogens (tertiary/aromatic N) is 4. The van der Waals surface area contributed by atoms with Crippen molar-refractivity contribution < 1.29 is 0 Å². The number of aromatic nitrogens is 2. The van der Waals surface area contributed by atoms with Crippen molar-refractivity contribution in [1.82, 2.24) is 8.97 Å². The van der Waals surface area contributed by atoms with Gasteiger partial charge in [0.2, 0.25) is 0 Å². The van der Waals surface area contributed by atoms with Crippen LogP contribution in [0.1, 0.15) is 96.2 Å². The molecule has 2 aliphatic rings. The van der Waals surface area contributed by atoms with Crippen molar-refractivity contribution in [1.29, 1.82) is 10.5 Å². The summed E-state index contributed by atoms with van der Waals surface area (Å²) >= 11 is 0. The van der Waals surface area contributed by atoms with E-state index in [-0.39, 0.29) is 0 Å². The Bertz CT molecular complexity index is 4880. The summed E-state index contributed by atoms with van der Waals surface area (Å²) in [6, 6.07) is 93.8. The molecule has 0 saturated heterocycles. The summed E-state index contributed by atoms with van der Waals surface area (Å²) < 4.78 is 5.06. The molecule has 4 nitrogen and oxygen atoms in total. The lowest BCUT2D eigenvalue weighted by molar-refractivity contribution is 0.445. The molecule has 2 aliphatic carbocycles. The molecule has 0 radical (unpaired) electrons. The Morgan fingerprint density at radius 3 is 1.21 bits per heavy atom. The quantitative estimate of drug-likeness (QED) is 0.160. The number of nitriles is 2. The predicted molar refractivity (Wildman–Crippen MR) is 337 cm³/mol. The van der Waals surface area contributed by atoms with Crippen LogP contribution < -0.4 is 0 Å². The van der Waals surface area contributed by atoms with Gasteiger partial charge in [-0.25, -0.2) is 0 Å². The first-order valence-corrected chi connectivity index (χ1v) is 28.7. The lowest BCUT2D eigenvalue weighted by atomic mass is 9.68. The molecular weight excluding hydrogens is 993 g/mol. The van der Waals surface area contributed by atoms with E-state index in [1.54, 1.807) is 0 Å². The zero-order valence-electron chi connectivity index (χ0n) is 46.3. The molecule has 3 heterocycles. The molecule has 0 bridgehead atoms. The third-order valence-corrected chi connectivity index (χ3v) is 19.1. The van der Waals surface area contributed by atoms with Crippen LogP contribution in [0.2, 0.25) is 0 Å². The monoisotopic (exact) mass is 1050 g/mol. The van der Waals surface area contributed by atoms with Crippen LogP contribution in [0.25, 0.3) is 87.8 Å². The number of hydrogen-bond donors (Lipinski definition) is 0. The Morgan fingerprint density at radius 2 is 0.756 bits per heavy atom. The van der Waals surface area contributed by atoms with Gasteiger partial charge in [-0.05, 0) is 104 Å². The number of para-hydroxylation sites is 2. The van der Waals surface area contributed by atoms with E-state index in [4.69, 9.17) is 0 Å². The van der Waals surface area contributed by atoms with Crippen LogP contribution in [-0.4, -0.2) is 8.97 Å². The maximum absolute atomic E-state index is 11.9. The van der Waals surface area contributed by atoms with Gasteiger partial charge in [-0.15, -0.1) is 0 Å². The summed E-state index contributed by atoms with van der Waals surface area (Å²) in [6.07, 6.45) is 1.53. The highest BCUT2D eigenvalue weighted by molar-refractivity contribution is 6.37. The minimum Gasteiger partial charge on any atom is -0.308 e. The Balaban J connectivity index is 1.18. The predicted octanol–water partition coefficient (Wildman–Crippen LogP) is 19.0. The van der Waals surface area contributed by atoms with E-state index in [9.17, 15) is 10.5 Å². The van der Waals surface area contributed by atoms with Crippen LogP contribution in [0.5, 0.6) is 0 Å². The average Bonchev–Trinajstić information content (AvgIpc) is 1.72. The smallest absolute Gasteiger partial charge is 0.0995 e. The first-order chi connectivity index (χ1) is 40.1. The molecule has 0 fully saturated rings. The van der Waals surface area contributed by atoms with Crippen molar-refractivity contribution in [3.05, 3.63) is 298 Å². The molecule has 82 heavy (non-hydrogen) atoms. The van der Waals surface area contributed by atoms with Crippen molar-refractivity contribution in [2.24, 2.45) is 0 Å². The molecule has 4 heteroatoms. The maximum atomic E-state index is 11.9. The summed E-state index contributed by atoms with van der Waals surface area (Å²) in [4.78, 5) is 0. The van der Waals surface area contributed by atoms with Gasteiger partial charge in [0, 0.05) is 54.3 Å². The third-order valence-electron chi connectivity index (χ3n) is 19.1. The Kier molecular flexibility index (Phi) is 10.1. The molecule has 3 aromatic heterocycles. The molecule has 0 atom stereocenters. The fourth-order valence-corrected chi connectivity index (χ4v) is 16.4. The van der Waals surface area contributed by atoms with E-state index in [0.717, 1.165) is 95.7 Å². The number of benzene rings is 11. The molecule has 0 saturated carbocycles. The summed E-state index contributed by atoms with van der Waals surface area (Å²) in [5.41, 5.74) is 19.5. The first-order valence-electron chi connectivity index (χ1n) is 28.7. The van der Waals surface area contributed by atoms with E-state index in [2.05, 4.69) is 291 Å². The van der Waals surface area contributed by atoms with Crippen LogP contribution in [0.3, 0.4) is 0 Å². The molecule has 0 N–H and O–H groups in total. The van der Waals surface area contributed by atoms with Gasteiger partial charge in [0.05, 0.1) is 56.5 Å². The SMILES string of the molecule is CC1(C)CC(c2ccccc2)(c2ccccc2)c2c(C#N)cc3c(c21)c1cc2c(c4ccccc4n2-c2c(-c4ccccc4)cccc2-c2ccccc2)c2c4c5c(c(C#N)cc4n3c12)C(c1ccccc1)(c1ccccc1)CC5(C)C. The Hall–Kier alpha value is -10.0. The molecular formula is C78H56N4. The number of hydrogen-bond acceptors (Lipinski definition) is 2. The van der Waals surface area contributed by atoms with Crippen LogP contribution in [0.15, 0.2) is 243 Å². The van der Waals surface area contributed by atoms with Crippen LogP contribution >= 0.6 is 0 Å². The third kappa shape index (κ3) is 6.25. The second-order valence-electron chi connectivity index (χ2n) is 24.4. The highest BCUT2D eigenvalue weighted by atomic mass is 15.0. The van der Waals surface area contributed by atoms with Crippen molar-refractivity contribution >= 4 is 59.9 Å². The molecule has 388 valence electrons. The van der Waals surface area contributed by atoms with Gasteiger partial charge in [-0.1, -0.05) is 246 Å². The largest absolute Gasteiger partial charge is 0.308 e. The van der Waals surface area contributed by atoms with Gasteiger partial charge in [0.15, 0.2) is 0 Å². The summed E-state index contributed by atoms with van der Waals surface area (Å²) in [5, 5.41) is 30.8. The molecule has 16 rings (SSSR count). The first kappa shape index (κ1) is 48.0. The van der Waals surface area contributed by atoms with E-state index < -0.39 is 21.7 Å². The highest BCUT2D eigenvalue weighted by Crippen LogP contribution is 2.64. The zero-order chi connectivity index (χ0) is 55.3. The summed E-state index contributed by atoms with van der Waals surface area (Å²) in [7, 11) is 0. The Labute approximate surface area is 477 Å². The van der Waals surface area contributed by atoms with Gasteiger partial charge in [-0.3, -0.25) is 0 Å². The van der Waals surface area contributed by atoms with E-state index >= 15 is 0 Å². The van der Waals surface area contributed by atoms with Gasteiger partial charge < -0.3 is 8.97 Å². The molecule has 14 aromatic rings. The molecule has 0 unspecified atom stereocenters. The summed E-state index contributed by atoms with van der Waals surface area (Å²) in [5.74, 6) is 0. The maximum Gasteiger partial charge on any atom is 0.0995 e. The normalized spacial score (nSPS) is 15.6. The molecule has 0 amide bonds. The molecule has 0 spiro atoms. The Morgan fingerprint density at radius 1 is 0.354 bits per heavy atom. The van der Waals surface area contributed by atoms with E-state index in [1.807, 2.05) is 0 Å². The van der Waals surface area contributed by atoms with Crippen LogP contribution in [0.4, 0.5) is 0 Å². The topological polar surface area (TPSA) is 56.9 Å².